The number of benzene rings is 1. The molecule has 6 nitrogen and oxygen atoms in total. The monoisotopic (exact) mass is 401 g/mol. The van der Waals surface area contributed by atoms with Gasteiger partial charge in [0.1, 0.15) is 10.6 Å². The average Bonchev–Trinajstić information content (AvgIpc) is 3.36. The van der Waals surface area contributed by atoms with Crippen LogP contribution in [-0.2, 0) is 23.5 Å². The predicted octanol–water partition coefficient (Wildman–Crippen LogP) is 2.68. The van der Waals surface area contributed by atoms with Crippen molar-refractivity contribution in [2.24, 2.45) is 7.05 Å². The molecule has 1 aliphatic rings. The first kappa shape index (κ1) is 20.4. The maximum Gasteiger partial charge on any atom is 0.270 e. The van der Waals surface area contributed by atoms with E-state index in [1.807, 2.05) is 30.3 Å². The van der Waals surface area contributed by atoms with E-state index in [-0.39, 0.29) is 10.8 Å². The third-order valence-electron chi connectivity index (χ3n) is 5.05. The van der Waals surface area contributed by atoms with Crippen LogP contribution in [0.15, 0.2) is 60.1 Å². The molecule has 1 saturated heterocycles. The number of carbonyl (C=O) groups is 1. The fraction of sp³-hybridized carbons (Fsp3) is 0.381. The second-order valence-corrected chi connectivity index (χ2v) is 9.00. The molecule has 0 atom stereocenters. The van der Waals surface area contributed by atoms with Crippen LogP contribution in [0.2, 0.25) is 0 Å². The number of carbonyl (C=O) groups excluding carboxylic acids is 1. The predicted molar refractivity (Wildman–Crippen MR) is 110 cm³/mol. The zero-order valence-electron chi connectivity index (χ0n) is 16.3. The van der Waals surface area contributed by atoms with Crippen LogP contribution in [-0.4, -0.2) is 54.3 Å². The molecule has 0 unspecified atom stereocenters. The molecule has 1 aromatic carbocycles. The molecule has 0 N–H and O–H groups in total. The Morgan fingerprint density at radius 3 is 2.54 bits per heavy atom. The Balaban J connectivity index is 1.79. The van der Waals surface area contributed by atoms with E-state index >= 15 is 0 Å². The van der Waals surface area contributed by atoms with Gasteiger partial charge in [-0.2, -0.15) is 4.31 Å². The summed E-state index contributed by atoms with van der Waals surface area (Å²) in [5.41, 5.74) is 1.52. The molecule has 1 amide bonds. The summed E-state index contributed by atoms with van der Waals surface area (Å²) in [5.74, 6) is -0.193. The molecule has 0 spiro atoms. The third-order valence-corrected chi connectivity index (χ3v) is 6.92. The largest absolute Gasteiger partial charge is 0.345 e. The van der Waals surface area contributed by atoms with E-state index in [1.165, 1.54) is 16.6 Å². The van der Waals surface area contributed by atoms with E-state index < -0.39 is 10.0 Å². The number of aromatic nitrogens is 1. The lowest BCUT2D eigenvalue weighted by molar-refractivity contribution is 0.0766. The van der Waals surface area contributed by atoms with Gasteiger partial charge in [-0.3, -0.25) is 4.79 Å². The molecule has 1 fully saturated rings. The number of hydrogen-bond donors (Lipinski definition) is 0. The highest BCUT2D eigenvalue weighted by atomic mass is 32.2. The second kappa shape index (κ2) is 8.75. The minimum atomic E-state index is -3.55. The lowest BCUT2D eigenvalue weighted by Gasteiger charge is -2.21. The van der Waals surface area contributed by atoms with Gasteiger partial charge in [0.25, 0.3) is 5.91 Å². The van der Waals surface area contributed by atoms with E-state index in [2.05, 4.69) is 6.58 Å². The Morgan fingerprint density at radius 1 is 1.21 bits per heavy atom. The summed E-state index contributed by atoms with van der Waals surface area (Å²) in [7, 11) is -1.84. The van der Waals surface area contributed by atoms with Gasteiger partial charge in [0, 0.05) is 39.4 Å². The molecule has 150 valence electrons. The van der Waals surface area contributed by atoms with Gasteiger partial charge in [-0.15, -0.1) is 6.58 Å². The van der Waals surface area contributed by atoms with Gasteiger partial charge >= 0.3 is 0 Å². The van der Waals surface area contributed by atoms with Crippen molar-refractivity contribution < 1.29 is 13.2 Å². The van der Waals surface area contributed by atoms with Crippen LogP contribution in [0, 0.1) is 0 Å². The van der Waals surface area contributed by atoms with Gasteiger partial charge in [0.05, 0.1) is 0 Å². The van der Waals surface area contributed by atoms with E-state index in [0.29, 0.717) is 31.9 Å². The maximum atomic E-state index is 13.1. The zero-order chi connectivity index (χ0) is 20.1. The molecule has 28 heavy (non-hydrogen) atoms. The molecular formula is C21H27N3O3S. The van der Waals surface area contributed by atoms with Crippen LogP contribution in [0.25, 0.3) is 0 Å². The fourth-order valence-corrected chi connectivity index (χ4v) is 5.06. The Morgan fingerprint density at radius 2 is 1.89 bits per heavy atom. The lowest BCUT2D eigenvalue weighted by atomic mass is 10.1. The van der Waals surface area contributed by atoms with Gasteiger partial charge < -0.3 is 9.47 Å². The zero-order valence-corrected chi connectivity index (χ0v) is 17.1. The smallest absolute Gasteiger partial charge is 0.270 e. The summed E-state index contributed by atoms with van der Waals surface area (Å²) in [5, 5.41) is 0. The van der Waals surface area contributed by atoms with E-state index in [1.54, 1.807) is 22.6 Å². The molecule has 0 aliphatic carbocycles. The Labute approximate surface area is 167 Å². The van der Waals surface area contributed by atoms with Crippen LogP contribution >= 0.6 is 0 Å². The second-order valence-electron chi connectivity index (χ2n) is 7.06. The first-order valence-corrected chi connectivity index (χ1v) is 11.0. The average molecular weight is 402 g/mol. The van der Waals surface area contributed by atoms with E-state index in [9.17, 15) is 13.2 Å². The first-order chi connectivity index (χ1) is 13.4. The highest BCUT2D eigenvalue weighted by Crippen LogP contribution is 2.23. The van der Waals surface area contributed by atoms with Crippen LogP contribution in [0.5, 0.6) is 0 Å². The van der Waals surface area contributed by atoms with Crippen LogP contribution in [0.1, 0.15) is 28.9 Å². The molecule has 1 aromatic heterocycles. The molecule has 3 rings (SSSR count). The molecule has 0 saturated carbocycles. The van der Waals surface area contributed by atoms with Crippen molar-refractivity contribution in [3.63, 3.8) is 0 Å². The normalized spacial score (nSPS) is 14.9. The van der Waals surface area contributed by atoms with Gasteiger partial charge in [0.15, 0.2) is 0 Å². The Bertz CT molecular complexity index is 929. The summed E-state index contributed by atoms with van der Waals surface area (Å²) >= 11 is 0. The summed E-state index contributed by atoms with van der Waals surface area (Å²) in [6.07, 6.45) is 5.70. The summed E-state index contributed by atoms with van der Waals surface area (Å²) < 4.78 is 28.7. The molecule has 7 heteroatoms. The van der Waals surface area contributed by atoms with Crippen LogP contribution in [0.4, 0.5) is 0 Å². The maximum absolute atomic E-state index is 13.1. The minimum Gasteiger partial charge on any atom is -0.345 e. The van der Waals surface area contributed by atoms with Crippen molar-refractivity contribution >= 4 is 15.9 Å². The Kier molecular flexibility index (Phi) is 6.36. The van der Waals surface area contributed by atoms with Gasteiger partial charge in [0.2, 0.25) is 10.0 Å². The molecular weight excluding hydrogens is 374 g/mol. The Hall–Kier alpha value is -2.38. The molecule has 2 aromatic rings. The van der Waals surface area contributed by atoms with Crippen molar-refractivity contribution in [3.05, 3.63) is 66.5 Å². The van der Waals surface area contributed by atoms with E-state index in [0.717, 1.165) is 24.8 Å². The van der Waals surface area contributed by atoms with Crippen LogP contribution < -0.4 is 0 Å². The highest BCUT2D eigenvalue weighted by molar-refractivity contribution is 7.89. The quantitative estimate of drug-likeness (QED) is 0.639. The third kappa shape index (κ3) is 4.36. The number of amides is 1. The fourth-order valence-electron chi connectivity index (χ4n) is 3.47. The van der Waals surface area contributed by atoms with Crippen molar-refractivity contribution in [3.8, 4) is 0 Å². The van der Waals surface area contributed by atoms with Gasteiger partial charge in [-0.05, 0) is 30.9 Å². The molecule has 1 aliphatic heterocycles. The number of nitrogens with zero attached hydrogens (tertiary/aromatic N) is 3. The van der Waals surface area contributed by atoms with Gasteiger partial charge in [-0.1, -0.05) is 36.4 Å². The summed E-state index contributed by atoms with van der Waals surface area (Å²) in [4.78, 5) is 15.0. The summed E-state index contributed by atoms with van der Waals surface area (Å²) in [6, 6.07) is 11.5. The standard InChI is InChI=1S/C21H27N3O3S/c1-3-12-23(15-11-18-9-5-4-6-10-18)21(25)20-16-19(17-22(20)2)28(26,27)24-13-7-8-14-24/h3-6,9-10,16-17H,1,7-8,11-15H2,2H3. The van der Waals surface area contributed by atoms with Crippen molar-refractivity contribution in [2.75, 3.05) is 26.2 Å². The lowest BCUT2D eigenvalue weighted by Crippen LogP contribution is -2.34. The van der Waals surface area contributed by atoms with Gasteiger partial charge in [-0.25, -0.2) is 8.42 Å². The number of hydrogen-bond acceptors (Lipinski definition) is 3. The highest BCUT2D eigenvalue weighted by Gasteiger charge is 2.30. The number of sulfonamides is 1. The number of aryl methyl sites for hydroxylation is 1. The van der Waals surface area contributed by atoms with E-state index in [4.69, 9.17) is 0 Å². The molecule has 0 bridgehead atoms. The van der Waals surface area contributed by atoms with Crippen molar-refractivity contribution in [1.29, 1.82) is 0 Å². The molecule has 0 radical (unpaired) electrons. The van der Waals surface area contributed by atoms with Crippen LogP contribution in [0.3, 0.4) is 0 Å². The molecule has 2 heterocycles. The first-order valence-electron chi connectivity index (χ1n) is 9.54. The summed E-state index contributed by atoms with van der Waals surface area (Å²) in [6.45, 7) is 5.77. The minimum absolute atomic E-state index is 0.182. The van der Waals surface area contributed by atoms with Crippen molar-refractivity contribution in [1.82, 2.24) is 13.8 Å². The topological polar surface area (TPSA) is 62.6 Å². The van der Waals surface area contributed by atoms with Crippen molar-refractivity contribution in [2.45, 2.75) is 24.2 Å². The SMILES string of the molecule is C=CCN(CCc1ccccc1)C(=O)c1cc(S(=O)(=O)N2CCCC2)cn1C. The number of rotatable bonds is 8.